The number of aryl methyl sites for hydroxylation is 1. The summed E-state index contributed by atoms with van der Waals surface area (Å²) in [7, 11) is 0. The van der Waals surface area contributed by atoms with Crippen molar-refractivity contribution in [3.05, 3.63) is 16.5 Å². The molecule has 1 aliphatic rings. The molecule has 1 aromatic rings. The van der Waals surface area contributed by atoms with Crippen LogP contribution in [0.15, 0.2) is 10.7 Å². The predicted octanol–water partition coefficient (Wildman–Crippen LogP) is 3.17. The van der Waals surface area contributed by atoms with Gasteiger partial charge in [0.05, 0.1) is 11.6 Å². The summed E-state index contributed by atoms with van der Waals surface area (Å²) in [5, 5.41) is 3.50. The second-order valence-electron chi connectivity index (χ2n) is 5.05. The van der Waals surface area contributed by atoms with Crippen molar-refractivity contribution in [2.45, 2.75) is 51.7 Å². The van der Waals surface area contributed by atoms with Crippen LogP contribution in [0.1, 0.15) is 39.4 Å². The summed E-state index contributed by atoms with van der Waals surface area (Å²) >= 11 is 3.44. The van der Waals surface area contributed by atoms with Crippen molar-refractivity contribution in [2.24, 2.45) is 0 Å². The summed E-state index contributed by atoms with van der Waals surface area (Å²) in [6.07, 6.45) is 3.14. The molecule has 100 valence electrons. The Bertz CT molecular complexity index is 427. The molecule has 0 aliphatic carbocycles. The second kappa shape index (κ2) is 5.53. The van der Waals surface area contributed by atoms with E-state index in [2.05, 4.69) is 52.0 Å². The Kier molecular flexibility index (Phi) is 4.22. The van der Waals surface area contributed by atoms with Gasteiger partial charge >= 0.3 is 0 Å². The lowest BCUT2D eigenvalue weighted by Gasteiger charge is -2.29. The van der Waals surface area contributed by atoms with Gasteiger partial charge in [0.15, 0.2) is 0 Å². The predicted molar refractivity (Wildman–Crippen MR) is 75.8 cm³/mol. The zero-order chi connectivity index (χ0) is 13.2. The Balaban J connectivity index is 2.18. The molecule has 1 aliphatic heterocycles. The highest BCUT2D eigenvalue weighted by Crippen LogP contribution is 2.29. The van der Waals surface area contributed by atoms with Crippen LogP contribution < -0.4 is 5.32 Å². The highest BCUT2D eigenvalue weighted by molar-refractivity contribution is 9.10. The highest BCUT2D eigenvalue weighted by Gasteiger charge is 2.37. The fourth-order valence-corrected chi connectivity index (χ4v) is 2.58. The number of nitrogens with zero attached hydrogens (tertiary/aromatic N) is 2. The number of hydrogen-bond donors (Lipinski definition) is 1. The molecular formula is C13H20BrN3O. The monoisotopic (exact) mass is 313 g/mol. The lowest BCUT2D eigenvalue weighted by molar-refractivity contribution is 0.105. The van der Waals surface area contributed by atoms with Crippen LogP contribution in [0, 0.1) is 0 Å². The minimum Gasteiger partial charge on any atom is -0.376 e. The largest absolute Gasteiger partial charge is 0.376 e. The molecule has 18 heavy (non-hydrogen) atoms. The number of halogens is 1. The number of anilines is 1. The number of rotatable bonds is 4. The maximum absolute atomic E-state index is 5.63. The Labute approximate surface area is 117 Å². The smallest absolute Gasteiger partial charge is 0.132 e. The van der Waals surface area contributed by atoms with Gasteiger partial charge in [-0.25, -0.2) is 9.97 Å². The van der Waals surface area contributed by atoms with Gasteiger partial charge in [-0.2, -0.15) is 0 Å². The second-order valence-corrected chi connectivity index (χ2v) is 5.86. The highest BCUT2D eigenvalue weighted by atomic mass is 79.9. The summed E-state index contributed by atoms with van der Waals surface area (Å²) in [5.41, 5.74) is -0.0444. The molecule has 0 aromatic carbocycles. The van der Waals surface area contributed by atoms with E-state index in [0.29, 0.717) is 0 Å². The number of nitrogens with one attached hydrogen (secondary N) is 1. The van der Waals surface area contributed by atoms with Gasteiger partial charge in [-0.1, -0.05) is 6.92 Å². The van der Waals surface area contributed by atoms with E-state index in [0.717, 1.165) is 42.1 Å². The molecule has 0 spiro atoms. The van der Waals surface area contributed by atoms with E-state index >= 15 is 0 Å². The fraction of sp³-hybridized carbons (Fsp3) is 0.692. The first-order valence-electron chi connectivity index (χ1n) is 6.47. The van der Waals surface area contributed by atoms with Gasteiger partial charge in [-0.15, -0.1) is 0 Å². The molecule has 1 fully saturated rings. The van der Waals surface area contributed by atoms with Crippen LogP contribution >= 0.6 is 15.9 Å². The Morgan fingerprint density at radius 2 is 2.33 bits per heavy atom. The molecule has 1 N–H and O–H groups in total. The molecule has 1 aromatic heterocycles. The van der Waals surface area contributed by atoms with Crippen molar-refractivity contribution in [2.75, 3.05) is 11.9 Å². The van der Waals surface area contributed by atoms with Crippen LogP contribution in [0.4, 0.5) is 5.82 Å². The van der Waals surface area contributed by atoms with Crippen molar-refractivity contribution >= 4 is 21.7 Å². The Hall–Kier alpha value is -0.680. The quantitative estimate of drug-likeness (QED) is 0.867. The maximum Gasteiger partial charge on any atom is 0.132 e. The summed E-state index contributed by atoms with van der Waals surface area (Å²) < 4.78 is 6.46. The van der Waals surface area contributed by atoms with Gasteiger partial charge in [-0.05, 0) is 42.6 Å². The van der Waals surface area contributed by atoms with Crippen LogP contribution in [-0.2, 0) is 11.2 Å². The number of hydrogen-bond acceptors (Lipinski definition) is 4. The van der Waals surface area contributed by atoms with E-state index in [9.17, 15) is 0 Å². The van der Waals surface area contributed by atoms with E-state index in [-0.39, 0.29) is 11.6 Å². The number of aromatic nitrogens is 2. The van der Waals surface area contributed by atoms with Crippen molar-refractivity contribution in [1.82, 2.24) is 9.97 Å². The van der Waals surface area contributed by atoms with Crippen LogP contribution in [0.25, 0.3) is 0 Å². The first-order chi connectivity index (χ1) is 8.53. The zero-order valence-corrected chi connectivity index (χ0v) is 12.7. The van der Waals surface area contributed by atoms with Crippen LogP contribution in [0.3, 0.4) is 0 Å². The van der Waals surface area contributed by atoms with Gasteiger partial charge in [0, 0.05) is 19.1 Å². The molecule has 2 rings (SSSR count). The van der Waals surface area contributed by atoms with Crippen molar-refractivity contribution in [1.29, 1.82) is 0 Å². The molecule has 4 nitrogen and oxygen atoms in total. The first kappa shape index (κ1) is 13.7. The Morgan fingerprint density at radius 1 is 1.56 bits per heavy atom. The summed E-state index contributed by atoms with van der Waals surface area (Å²) in [6, 6.07) is 1.93. The van der Waals surface area contributed by atoms with Gasteiger partial charge < -0.3 is 10.1 Å². The van der Waals surface area contributed by atoms with E-state index in [4.69, 9.17) is 4.74 Å². The minimum absolute atomic E-state index is 0.0444. The zero-order valence-electron chi connectivity index (χ0n) is 11.2. The van der Waals surface area contributed by atoms with Crippen molar-refractivity contribution < 1.29 is 4.74 Å². The van der Waals surface area contributed by atoms with E-state index in [1.54, 1.807) is 0 Å². The summed E-state index contributed by atoms with van der Waals surface area (Å²) in [5.74, 6) is 1.75. The average Bonchev–Trinajstić information content (AvgIpc) is 2.58. The lowest BCUT2D eigenvalue weighted by atomic mass is 9.95. The van der Waals surface area contributed by atoms with Crippen LogP contribution in [0.5, 0.6) is 0 Å². The van der Waals surface area contributed by atoms with Crippen molar-refractivity contribution in [3.63, 3.8) is 0 Å². The van der Waals surface area contributed by atoms with E-state index in [1.807, 2.05) is 6.07 Å². The molecule has 5 heteroatoms. The molecule has 2 atom stereocenters. The summed E-state index contributed by atoms with van der Waals surface area (Å²) in [6.45, 7) is 7.22. The molecule has 0 saturated carbocycles. The van der Waals surface area contributed by atoms with E-state index in [1.165, 1.54) is 0 Å². The van der Waals surface area contributed by atoms with Gasteiger partial charge in [-0.3, -0.25) is 0 Å². The van der Waals surface area contributed by atoms with Gasteiger partial charge in [0.1, 0.15) is 16.2 Å². The molecule has 0 bridgehead atoms. The normalized spacial score (nSPS) is 27.4. The minimum atomic E-state index is -0.0444. The molecule has 0 radical (unpaired) electrons. The van der Waals surface area contributed by atoms with E-state index < -0.39 is 0 Å². The SMILES string of the molecule is CCCc1nc(Br)cc(NC2(C)CCOC2C)n1. The molecule has 2 heterocycles. The molecular weight excluding hydrogens is 294 g/mol. The van der Waals surface area contributed by atoms with Crippen molar-refractivity contribution in [3.8, 4) is 0 Å². The number of ether oxygens (including phenoxy) is 1. The third kappa shape index (κ3) is 3.01. The fourth-order valence-electron chi connectivity index (χ4n) is 2.16. The third-order valence-corrected chi connectivity index (χ3v) is 3.92. The third-order valence-electron chi connectivity index (χ3n) is 3.51. The first-order valence-corrected chi connectivity index (χ1v) is 7.26. The van der Waals surface area contributed by atoms with Gasteiger partial charge in [0.2, 0.25) is 0 Å². The average molecular weight is 314 g/mol. The van der Waals surface area contributed by atoms with Crippen LogP contribution in [0.2, 0.25) is 0 Å². The van der Waals surface area contributed by atoms with Crippen LogP contribution in [-0.4, -0.2) is 28.2 Å². The van der Waals surface area contributed by atoms with Gasteiger partial charge in [0.25, 0.3) is 0 Å². The topological polar surface area (TPSA) is 47.0 Å². The molecule has 1 saturated heterocycles. The Morgan fingerprint density at radius 3 is 2.94 bits per heavy atom. The standard InChI is InChI=1S/C13H20BrN3O/c1-4-5-11-15-10(14)8-12(16-11)17-13(3)6-7-18-9(13)2/h8-9H,4-7H2,1-3H3,(H,15,16,17). The molecule has 2 unspecified atom stereocenters. The molecule has 0 amide bonds. The maximum atomic E-state index is 5.63. The lowest BCUT2D eigenvalue weighted by Crippen LogP contribution is -2.41. The summed E-state index contributed by atoms with van der Waals surface area (Å²) in [4.78, 5) is 8.93.